The number of benzene rings is 3. The molecule has 0 radical (unpaired) electrons. The molecule has 4 aromatic rings. The molecular formula is C35H30N4O4. The topological polar surface area (TPSA) is 129 Å². The maximum atomic E-state index is 11.9. The number of para-hydroxylation sites is 2. The minimum absolute atomic E-state index is 0.00808. The maximum absolute atomic E-state index is 11.9. The van der Waals surface area contributed by atoms with Gasteiger partial charge in [-0.1, -0.05) is 54.6 Å². The number of nitrogens with one attached hydrogen (secondary N) is 1. The number of hydrogen-bond donors (Lipinski definition) is 4. The summed E-state index contributed by atoms with van der Waals surface area (Å²) in [7, 11) is 0. The SMILES string of the molecule is C/C=C(\C=C(/N)c1cc(C(=O)O)cc(C2C=C(c3ccc(N(c4ccccc4)c4ccccc4)cc3)C=CN2)n1)C(=O)O. The summed E-state index contributed by atoms with van der Waals surface area (Å²) in [5.41, 5.74) is 11.8. The maximum Gasteiger partial charge on any atom is 0.335 e. The molecule has 2 heterocycles. The average Bonchev–Trinajstić information content (AvgIpc) is 3.04. The molecule has 0 saturated carbocycles. The summed E-state index contributed by atoms with van der Waals surface area (Å²) < 4.78 is 0. The van der Waals surface area contributed by atoms with E-state index in [0.29, 0.717) is 5.69 Å². The zero-order valence-electron chi connectivity index (χ0n) is 23.4. The van der Waals surface area contributed by atoms with Crippen molar-refractivity contribution in [1.82, 2.24) is 10.3 Å². The molecule has 5 rings (SSSR count). The van der Waals surface area contributed by atoms with Crippen LogP contribution in [0, 0.1) is 0 Å². The van der Waals surface area contributed by atoms with E-state index in [1.165, 1.54) is 24.3 Å². The summed E-state index contributed by atoms with van der Waals surface area (Å²) in [5, 5.41) is 22.3. The molecule has 214 valence electrons. The number of carboxylic acids is 2. The van der Waals surface area contributed by atoms with Gasteiger partial charge in [0.15, 0.2) is 0 Å². The van der Waals surface area contributed by atoms with Crippen LogP contribution in [0.3, 0.4) is 0 Å². The lowest BCUT2D eigenvalue weighted by molar-refractivity contribution is -0.132. The molecule has 8 heteroatoms. The highest BCUT2D eigenvalue weighted by atomic mass is 16.4. The predicted octanol–water partition coefficient (Wildman–Crippen LogP) is 6.82. The van der Waals surface area contributed by atoms with E-state index in [4.69, 9.17) is 5.73 Å². The third kappa shape index (κ3) is 6.55. The van der Waals surface area contributed by atoms with Crippen LogP contribution < -0.4 is 16.0 Å². The van der Waals surface area contributed by atoms with Crippen molar-refractivity contribution in [2.45, 2.75) is 13.0 Å². The van der Waals surface area contributed by atoms with Crippen molar-refractivity contribution >= 4 is 40.3 Å². The van der Waals surface area contributed by atoms with Crippen LogP contribution in [-0.4, -0.2) is 27.1 Å². The van der Waals surface area contributed by atoms with Gasteiger partial charge in [-0.25, -0.2) is 14.6 Å². The molecule has 3 aromatic carbocycles. The molecule has 0 fully saturated rings. The second kappa shape index (κ2) is 12.7. The summed E-state index contributed by atoms with van der Waals surface area (Å²) in [6.07, 6.45) is 8.38. The third-order valence-electron chi connectivity index (χ3n) is 6.95. The number of allylic oxidation sites excluding steroid dienone is 3. The smallest absolute Gasteiger partial charge is 0.335 e. The summed E-state index contributed by atoms with van der Waals surface area (Å²) in [4.78, 5) is 30.2. The van der Waals surface area contributed by atoms with Gasteiger partial charge in [-0.15, -0.1) is 0 Å². The molecule has 1 unspecified atom stereocenters. The van der Waals surface area contributed by atoms with Crippen molar-refractivity contribution in [3.63, 3.8) is 0 Å². The van der Waals surface area contributed by atoms with Gasteiger partial charge in [0, 0.05) is 17.1 Å². The summed E-state index contributed by atoms with van der Waals surface area (Å²) in [6.45, 7) is 1.58. The Hall–Kier alpha value is -5.89. The van der Waals surface area contributed by atoms with Gasteiger partial charge >= 0.3 is 11.9 Å². The summed E-state index contributed by atoms with van der Waals surface area (Å²) in [5.74, 6) is -2.29. The van der Waals surface area contributed by atoms with Crippen LogP contribution in [0.25, 0.3) is 11.3 Å². The molecule has 0 aliphatic carbocycles. The quantitative estimate of drug-likeness (QED) is 0.127. The zero-order chi connectivity index (χ0) is 30.3. The van der Waals surface area contributed by atoms with E-state index < -0.39 is 18.0 Å². The van der Waals surface area contributed by atoms with E-state index in [0.717, 1.165) is 28.2 Å². The minimum atomic E-state index is -1.15. The Morgan fingerprint density at radius 2 is 1.49 bits per heavy atom. The van der Waals surface area contributed by atoms with Gasteiger partial charge in [0.1, 0.15) is 0 Å². The number of aromatic carboxylic acids is 1. The fraction of sp³-hybridized carbons (Fsp3) is 0.0571. The van der Waals surface area contributed by atoms with Gasteiger partial charge in [-0.05, 0) is 91.0 Å². The monoisotopic (exact) mass is 570 g/mol. The van der Waals surface area contributed by atoms with Crippen LogP contribution in [0.4, 0.5) is 17.1 Å². The molecule has 0 saturated heterocycles. The Bertz CT molecular complexity index is 1720. The number of rotatable bonds is 9. The highest BCUT2D eigenvalue weighted by molar-refractivity contribution is 5.93. The van der Waals surface area contributed by atoms with Crippen molar-refractivity contribution in [3.8, 4) is 0 Å². The van der Waals surface area contributed by atoms with Gasteiger partial charge in [0.2, 0.25) is 0 Å². The van der Waals surface area contributed by atoms with E-state index >= 15 is 0 Å². The Morgan fingerprint density at radius 1 is 0.884 bits per heavy atom. The molecule has 0 bridgehead atoms. The second-order valence-electron chi connectivity index (χ2n) is 9.77. The lowest BCUT2D eigenvalue weighted by atomic mass is 9.98. The van der Waals surface area contributed by atoms with E-state index in [2.05, 4.69) is 51.6 Å². The lowest BCUT2D eigenvalue weighted by Crippen LogP contribution is -2.19. The number of carbonyl (C=O) groups is 2. The third-order valence-corrected chi connectivity index (χ3v) is 6.95. The number of aliphatic carboxylic acids is 1. The van der Waals surface area contributed by atoms with Crippen molar-refractivity contribution < 1.29 is 19.8 Å². The molecule has 8 nitrogen and oxygen atoms in total. The molecule has 1 aromatic heterocycles. The van der Waals surface area contributed by atoms with E-state index in [1.54, 1.807) is 13.1 Å². The number of carboxylic acid groups (broad SMARTS) is 2. The Labute approximate surface area is 249 Å². The predicted molar refractivity (Wildman–Crippen MR) is 169 cm³/mol. The van der Waals surface area contributed by atoms with Crippen LogP contribution in [0.1, 0.15) is 40.3 Å². The summed E-state index contributed by atoms with van der Waals surface area (Å²) in [6, 6.07) is 30.9. The molecule has 0 spiro atoms. The van der Waals surface area contributed by atoms with Crippen LogP contribution in [0.2, 0.25) is 0 Å². The fourth-order valence-corrected chi connectivity index (χ4v) is 4.78. The van der Waals surface area contributed by atoms with Gasteiger partial charge < -0.3 is 26.2 Å². The first-order valence-electron chi connectivity index (χ1n) is 13.6. The first kappa shape index (κ1) is 28.6. The number of nitrogens with two attached hydrogens (primary N) is 1. The number of dihydropyridines is 1. The minimum Gasteiger partial charge on any atom is -0.478 e. The highest BCUT2D eigenvalue weighted by Gasteiger charge is 2.19. The molecule has 5 N–H and O–H groups in total. The van der Waals surface area contributed by atoms with Gasteiger partial charge in [0.05, 0.1) is 34.3 Å². The van der Waals surface area contributed by atoms with Crippen molar-refractivity contribution in [2.75, 3.05) is 4.90 Å². The molecule has 1 aliphatic heterocycles. The number of hydrogen-bond acceptors (Lipinski definition) is 6. The van der Waals surface area contributed by atoms with Crippen LogP contribution in [0.15, 0.2) is 133 Å². The first-order valence-corrected chi connectivity index (χ1v) is 13.6. The normalized spacial score (nSPS) is 14.9. The molecule has 43 heavy (non-hydrogen) atoms. The first-order chi connectivity index (χ1) is 20.8. The lowest BCUT2D eigenvalue weighted by Gasteiger charge is -2.26. The van der Waals surface area contributed by atoms with Gasteiger partial charge in [-0.2, -0.15) is 0 Å². The second-order valence-corrected chi connectivity index (χ2v) is 9.77. The Balaban J connectivity index is 1.47. The Morgan fingerprint density at radius 3 is 2.05 bits per heavy atom. The largest absolute Gasteiger partial charge is 0.478 e. The molecule has 0 amide bonds. The van der Waals surface area contributed by atoms with E-state index in [-0.39, 0.29) is 22.5 Å². The van der Waals surface area contributed by atoms with Crippen LogP contribution in [-0.2, 0) is 4.79 Å². The van der Waals surface area contributed by atoms with Crippen LogP contribution >= 0.6 is 0 Å². The molecular weight excluding hydrogens is 540 g/mol. The van der Waals surface area contributed by atoms with E-state index in [9.17, 15) is 19.8 Å². The number of anilines is 3. The standard InChI is InChI=1S/C35H30N4O4/c1-2-23(34(40)41)19-30(36)31-21-26(35(42)43)22-33(38-31)32-20-25(17-18-37-32)24-13-15-29(16-14-24)39(27-9-5-3-6-10-27)28-11-7-4-8-12-28/h2-22,32,37H,36H2,1H3,(H,40,41)(H,42,43)/b23-2+,30-19-. The average molecular weight is 571 g/mol. The van der Waals surface area contributed by atoms with Gasteiger partial charge in [-0.3, -0.25) is 0 Å². The number of aromatic nitrogens is 1. The number of pyridine rings is 1. The zero-order valence-corrected chi connectivity index (χ0v) is 23.4. The molecule has 1 aliphatic rings. The number of nitrogens with zero attached hydrogens (tertiary/aromatic N) is 2. The van der Waals surface area contributed by atoms with Crippen molar-refractivity contribution in [2.24, 2.45) is 5.73 Å². The van der Waals surface area contributed by atoms with Crippen molar-refractivity contribution in [3.05, 3.63) is 156 Å². The van der Waals surface area contributed by atoms with Gasteiger partial charge in [0.25, 0.3) is 0 Å². The molecule has 1 atom stereocenters. The van der Waals surface area contributed by atoms with E-state index in [1.807, 2.05) is 60.7 Å². The fourth-order valence-electron chi connectivity index (χ4n) is 4.78. The van der Waals surface area contributed by atoms with Crippen LogP contribution in [0.5, 0.6) is 0 Å². The van der Waals surface area contributed by atoms with Crippen molar-refractivity contribution in [1.29, 1.82) is 0 Å². The highest BCUT2D eigenvalue weighted by Crippen LogP contribution is 2.35. The summed E-state index contributed by atoms with van der Waals surface area (Å²) >= 11 is 0. The Kier molecular flexibility index (Phi) is 8.48.